The number of nitrogens with zero attached hydrogens (tertiary/aromatic N) is 2. The van der Waals surface area contributed by atoms with Crippen molar-refractivity contribution < 1.29 is 9.18 Å². The van der Waals surface area contributed by atoms with E-state index in [9.17, 15) is 9.18 Å². The summed E-state index contributed by atoms with van der Waals surface area (Å²) in [5.41, 5.74) is 5.14. The summed E-state index contributed by atoms with van der Waals surface area (Å²) in [6.07, 6.45) is 2.77. The molecular weight excluding hydrogens is 401 g/mol. The Labute approximate surface area is 186 Å². The topological polar surface area (TPSA) is 37.3 Å². The Morgan fingerprint density at radius 1 is 0.906 bits per heavy atom. The molecule has 32 heavy (non-hydrogen) atoms. The van der Waals surface area contributed by atoms with Crippen LogP contribution in [0.5, 0.6) is 0 Å². The zero-order valence-corrected chi connectivity index (χ0v) is 17.6. The quantitative estimate of drug-likeness (QED) is 0.462. The minimum absolute atomic E-state index is 0.139. The molecule has 1 N–H and O–H groups in total. The highest BCUT2D eigenvalue weighted by molar-refractivity contribution is 5.76. The number of nitrogens with one attached hydrogen (secondary N) is 1. The van der Waals surface area contributed by atoms with Gasteiger partial charge in [-0.2, -0.15) is 0 Å². The molecule has 5 rings (SSSR count). The van der Waals surface area contributed by atoms with Crippen LogP contribution < -0.4 is 5.32 Å². The number of para-hydroxylation sites is 1. The first kappa shape index (κ1) is 20.1. The number of fused-ring (bicyclic) bond motifs is 3. The van der Waals surface area contributed by atoms with Crippen molar-refractivity contribution in [3.63, 3.8) is 0 Å². The molecule has 4 aromatic rings. The highest BCUT2D eigenvalue weighted by Gasteiger charge is 2.32. The van der Waals surface area contributed by atoms with Crippen LogP contribution in [0.1, 0.15) is 28.4 Å². The molecule has 4 nitrogen and oxygen atoms in total. The lowest BCUT2D eigenvalue weighted by atomic mass is 10.0. The zero-order valence-electron chi connectivity index (χ0n) is 17.6. The minimum Gasteiger partial charge on any atom is -0.338 e. The van der Waals surface area contributed by atoms with E-state index in [4.69, 9.17) is 0 Å². The predicted molar refractivity (Wildman–Crippen MR) is 123 cm³/mol. The third kappa shape index (κ3) is 3.89. The van der Waals surface area contributed by atoms with Crippen molar-refractivity contribution in [2.45, 2.75) is 19.0 Å². The number of halogens is 1. The van der Waals surface area contributed by atoms with Gasteiger partial charge in [0.15, 0.2) is 0 Å². The van der Waals surface area contributed by atoms with Crippen LogP contribution in [0.3, 0.4) is 0 Å². The van der Waals surface area contributed by atoms with Crippen LogP contribution in [0.2, 0.25) is 0 Å². The first-order valence-electron chi connectivity index (χ1n) is 10.8. The molecule has 0 saturated carbocycles. The van der Waals surface area contributed by atoms with E-state index in [2.05, 4.69) is 34.1 Å². The SMILES string of the molecule is O=C(NCCc1ccccc1)N1Cc2ccccc2-n2cccc2C1c1ccc(F)cc1. The maximum atomic E-state index is 13.7. The number of amides is 2. The number of urea groups is 1. The zero-order chi connectivity index (χ0) is 21.9. The Bertz CT molecular complexity index is 1220. The highest BCUT2D eigenvalue weighted by atomic mass is 19.1. The van der Waals surface area contributed by atoms with Crippen molar-refractivity contribution in [2.24, 2.45) is 0 Å². The van der Waals surface area contributed by atoms with E-state index in [1.54, 1.807) is 12.1 Å². The fraction of sp³-hybridized carbons (Fsp3) is 0.148. The molecule has 3 aromatic carbocycles. The molecule has 0 radical (unpaired) electrons. The van der Waals surface area contributed by atoms with Crippen LogP contribution >= 0.6 is 0 Å². The number of benzene rings is 3. The fourth-order valence-electron chi connectivity index (χ4n) is 4.40. The molecule has 0 fully saturated rings. The van der Waals surface area contributed by atoms with Crippen molar-refractivity contribution in [1.82, 2.24) is 14.8 Å². The summed E-state index contributed by atoms with van der Waals surface area (Å²) in [5.74, 6) is -0.292. The first-order chi connectivity index (χ1) is 15.7. The summed E-state index contributed by atoms with van der Waals surface area (Å²) in [6, 6.07) is 28.2. The number of hydrogen-bond donors (Lipinski definition) is 1. The molecule has 0 spiro atoms. The summed E-state index contributed by atoms with van der Waals surface area (Å²) < 4.78 is 15.8. The average molecular weight is 426 g/mol. The van der Waals surface area contributed by atoms with E-state index in [1.807, 2.05) is 53.6 Å². The Morgan fingerprint density at radius 3 is 2.47 bits per heavy atom. The molecule has 160 valence electrons. The second kappa shape index (κ2) is 8.71. The van der Waals surface area contributed by atoms with E-state index in [-0.39, 0.29) is 17.9 Å². The largest absolute Gasteiger partial charge is 0.338 e. The van der Waals surface area contributed by atoms with Crippen LogP contribution in [0, 0.1) is 5.82 Å². The van der Waals surface area contributed by atoms with E-state index < -0.39 is 0 Å². The molecule has 2 amide bonds. The second-order valence-corrected chi connectivity index (χ2v) is 7.98. The molecule has 1 unspecified atom stereocenters. The lowest BCUT2D eigenvalue weighted by molar-refractivity contribution is 0.180. The molecule has 0 saturated heterocycles. The van der Waals surface area contributed by atoms with Gasteiger partial charge in [-0.05, 0) is 53.4 Å². The Morgan fingerprint density at radius 2 is 1.66 bits per heavy atom. The fourth-order valence-corrected chi connectivity index (χ4v) is 4.40. The second-order valence-electron chi connectivity index (χ2n) is 7.98. The molecule has 1 aliphatic rings. The maximum absolute atomic E-state index is 13.7. The Balaban J connectivity index is 1.49. The van der Waals surface area contributed by atoms with Crippen molar-refractivity contribution in [3.05, 3.63) is 125 Å². The van der Waals surface area contributed by atoms with Gasteiger partial charge in [-0.25, -0.2) is 9.18 Å². The molecular formula is C27H24FN3O. The number of hydrogen-bond acceptors (Lipinski definition) is 1. The lowest BCUT2D eigenvalue weighted by Gasteiger charge is -2.31. The smallest absolute Gasteiger partial charge is 0.318 e. The third-order valence-corrected chi connectivity index (χ3v) is 5.94. The van der Waals surface area contributed by atoms with Gasteiger partial charge in [0.05, 0.1) is 18.3 Å². The summed E-state index contributed by atoms with van der Waals surface area (Å²) in [4.78, 5) is 15.3. The molecule has 1 aliphatic heterocycles. The van der Waals surface area contributed by atoms with Crippen molar-refractivity contribution >= 4 is 6.03 Å². The normalized spacial score (nSPS) is 14.9. The molecule has 1 atom stereocenters. The summed E-state index contributed by atoms with van der Waals surface area (Å²) >= 11 is 0. The number of rotatable bonds is 4. The van der Waals surface area contributed by atoms with Gasteiger partial charge < -0.3 is 14.8 Å². The van der Waals surface area contributed by atoms with Gasteiger partial charge in [-0.15, -0.1) is 0 Å². The van der Waals surface area contributed by atoms with Crippen molar-refractivity contribution in [3.8, 4) is 5.69 Å². The van der Waals surface area contributed by atoms with Crippen molar-refractivity contribution in [2.75, 3.05) is 6.54 Å². The summed E-state index contributed by atoms with van der Waals surface area (Å²) in [7, 11) is 0. The van der Waals surface area contributed by atoms with Gasteiger partial charge in [0.1, 0.15) is 5.82 Å². The van der Waals surface area contributed by atoms with Gasteiger partial charge in [-0.1, -0.05) is 60.7 Å². The van der Waals surface area contributed by atoms with Crippen LogP contribution in [0.15, 0.2) is 97.2 Å². The van der Waals surface area contributed by atoms with Crippen LogP contribution in [-0.2, 0) is 13.0 Å². The Hall–Kier alpha value is -3.86. The highest BCUT2D eigenvalue weighted by Crippen LogP contribution is 2.36. The van der Waals surface area contributed by atoms with Gasteiger partial charge in [0.25, 0.3) is 0 Å². The third-order valence-electron chi connectivity index (χ3n) is 5.94. The Kier molecular flexibility index (Phi) is 5.46. The van der Waals surface area contributed by atoms with Gasteiger partial charge >= 0.3 is 6.03 Å². The van der Waals surface area contributed by atoms with E-state index in [0.29, 0.717) is 13.1 Å². The van der Waals surface area contributed by atoms with E-state index >= 15 is 0 Å². The van der Waals surface area contributed by atoms with Crippen LogP contribution in [0.4, 0.5) is 9.18 Å². The molecule has 0 bridgehead atoms. The number of carbonyl (C=O) groups is 1. The van der Waals surface area contributed by atoms with Crippen LogP contribution in [0.25, 0.3) is 5.69 Å². The lowest BCUT2D eigenvalue weighted by Crippen LogP contribution is -2.42. The summed E-state index contributed by atoms with van der Waals surface area (Å²) in [6.45, 7) is 0.995. The van der Waals surface area contributed by atoms with Crippen LogP contribution in [-0.4, -0.2) is 22.0 Å². The molecule has 1 aromatic heterocycles. The standard InChI is InChI=1S/C27H24FN3O/c28-23-14-12-21(13-15-23)26-25-11-6-18-30(25)24-10-5-4-9-22(24)19-31(26)27(32)29-17-16-20-7-2-1-3-8-20/h1-15,18,26H,16-17,19H2,(H,29,32). The average Bonchev–Trinajstić information content (AvgIpc) is 3.25. The van der Waals surface area contributed by atoms with Gasteiger partial charge in [0.2, 0.25) is 0 Å². The molecule has 5 heteroatoms. The van der Waals surface area contributed by atoms with E-state index in [1.165, 1.54) is 17.7 Å². The van der Waals surface area contributed by atoms with Gasteiger partial charge in [-0.3, -0.25) is 0 Å². The first-order valence-corrected chi connectivity index (χ1v) is 10.8. The monoisotopic (exact) mass is 425 g/mol. The maximum Gasteiger partial charge on any atom is 0.318 e. The molecule has 0 aliphatic carbocycles. The molecule has 2 heterocycles. The predicted octanol–water partition coefficient (Wildman–Crippen LogP) is 5.47. The minimum atomic E-state index is -0.338. The van der Waals surface area contributed by atoms with Gasteiger partial charge in [0, 0.05) is 18.4 Å². The number of aromatic nitrogens is 1. The number of carbonyl (C=O) groups excluding carboxylic acids is 1. The van der Waals surface area contributed by atoms with E-state index in [0.717, 1.165) is 28.9 Å². The summed E-state index contributed by atoms with van der Waals surface area (Å²) in [5, 5.41) is 3.10. The van der Waals surface area contributed by atoms with Crippen molar-refractivity contribution in [1.29, 1.82) is 0 Å².